The lowest BCUT2D eigenvalue weighted by Gasteiger charge is -2.27. The van der Waals surface area contributed by atoms with E-state index in [1.54, 1.807) is 31.4 Å². The average Bonchev–Trinajstić information content (AvgIpc) is 2.97. The first-order valence-corrected chi connectivity index (χ1v) is 13.7. The lowest BCUT2D eigenvalue weighted by Crippen LogP contribution is -2.19. The summed E-state index contributed by atoms with van der Waals surface area (Å²) in [5.41, 5.74) is 7.15. The molecule has 0 saturated heterocycles. The summed E-state index contributed by atoms with van der Waals surface area (Å²) in [6.45, 7) is 1.94. The van der Waals surface area contributed by atoms with E-state index in [9.17, 15) is 4.79 Å². The number of ether oxygens (including phenoxy) is 1. The summed E-state index contributed by atoms with van der Waals surface area (Å²) < 4.78 is 5.17. The second kappa shape index (κ2) is 12.6. The number of aromatic nitrogens is 2. The van der Waals surface area contributed by atoms with Crippen molar-refractivity contribution in [1.82, 2.24) is 14.9 Å². The molecule has 2 amide bonds. The number of rotatable bonds is 10. The number of anilines is 3. The molecule has 1 aliphatic rings. The van der Waals surface area contributed by atoms with Gasteiger partial charge in [0, 0.05) is 35.6 Å². The minimum Gasteiger partial charge on any atom is -0.497 e. The van der Waals surface area contributed by atoms with Gasteiger partial charge in [0.1, 0.15) is 5.75 Å². The molecule has 3 aromatic carbocycles. The predicted molar refractivity (Wildman–Crippen MR) is 161 cm³/mol. The first kappa shape index (κ1) is 27.1. The Morgan fingerprint density at radius 2 is 1.65 bits per heavy atom. The molecule has 4 aromatic rings. The Balaban J connectivity index is 1.26. The van der Waals surface area contributed by atoms with Crippen LogP contribution in [0.1, 0.15) is 35.4 Å². The van der Waals surface area contributed by atoms with Gasteiger partial charge in [-0.25, -0.2) is 14.8 Å². The highest BCUT2D eigenvalue weighted by Crippen LogP contribution is 2.42. The van der Waals surface area contributed by atoms with E-state index in [0.29, 0.717) is 11.6 Å². The van der Waals surface area contributed by atoms with E-state index < -0.39 is 0 Å². The largest absolute Gasteiger partial charge is 0.497 e. The van der Waals surface area contributed by atoms with Gasteiger partial charge in [0.05, 0.1) is 12.8 Å². The number of benzene rings is 3. The highest BCUT2D eigenvalue weighted by molar-refractivity contribution is 5.99. The molecule has 3 N–H and O–H groups in total. The molecule has 0 aliphatic heterocycles. The van der Waals surface area contributed by atoms with E-state index in [1.165, 1.54) is 11.1 Å². The monoisotopic (exact) mass is 536 g/mol. The van der Waals surface area contributed by atoms with Crippen molar-refractivity contribution in [3.63, 3.8) is 0 Å². The molecule has 1 heterocycles. The molecule has 206 valence electrons. The van der Waals surface area contributed by atoms with Crippen LogP contribution in [0.4, 0.5) is 22.1 Å². The van der Waals surface area contributed by atoms with Crippen LogP contribution in [0, 0.1) is 0 Å². The van der Waals surface area contributed by atoms with Gasteiger partial charge in [-0.2, -0.15) is 0 Å². The molecule has 40 heavy (non-hydrogen) atoms. The molecule has 8 nitrogen and oxygen atoms in total. The maximum Gasteiger partial charge on any atom is 0.323 e. The molecule has 8 heteroatoms. The summed E-state index contributed by atoms with van der Waals surface area (Å²) in [5, 5.41) is 9.15. The van der Waals surface area contributed by atoms with Crippen molar-refractivity contribution in [2.75, 3.05) is 50.2 Å². The lowest BCUT2D eigenvalue weighted by molar-refractivity contribution is 0.262. The van der Waals surface area contributed by atoms with Crippen LogP contribution >= 0.6 is 0 Å². The number of nitrogens with zero attached hydrogens (tertiary/aromatic N) is 3. The van der Waals surface area contributed by atoms with Crippen LogP contribution < -0.4 is 20.7 Å². The molecular formula is C32H36N6O2. The Kier molecular flexibility index (Phi) is 8.56. The van der Waals surface area contributed by atoms with E-state index in [4.69, 9.17) is 9.72 Å². The van der Waals surface area contributed by atoms with Gasteiger partial charge in [-0.1, -0.05) is 36.4 Å². The summed E-state index contributed by atoms with van der Waals surface area (Å²) >= 11 is 0. The Morgan fingerprint density at radius 1 is 0.950 bits per heavy atom. The van der Waals surface area contributed by atoms with Gasteiger partial charge in [-0.15, -0.1) is 0 Å². The van der Waals surface area contributed by atoms with Crippen LogP contribution in [-0.4, -0.2) is 55.2 Å². The third-order valence-electron chi connectivity index (χ3n) is 7.11. The number of hydrogen-bond acceptors (Lipinski definition) is 6. The number of methoxy groups -OCH3 is 1. The number of nitrogens with one attached hydrogen (secondary N) is 3. The van der Waals surface area contributed by atoms with Crippen molar-refractivity contribution in [3.8, 4) is 17.0 Å². The third-order valence-corrected chi connectivity index (χ3v) is 7.11. The molecule has 1 unspecified atom stereocenters. The molecule has 0 fully saturated rings. The van der Waals surface area contributed by atoms with Crippen molar-refractivity contribution in [2.45, 2.75) is 25.2 Å². The SMILES string of the molecule is COc1ccc(NC(=O)Nc2ccc(C3Cc4cnc(NCCCCN(C)C)nc4-c4ccccc43)cc2)cc1. The Morgan fingerprint density at radius 3 is 2.35 bits per heavy atom. The van der Waals surface area contributed by atoms with E-state index in [-0.39, 0.29) is 11.9 Å². The van der Waals surface area contributed by atoms with Crippen LogP contribution in [-0.2, 0) is 6.42 Å². The minimum absolute atomic E-state index is 0.180. The highest BCUT2D eigenvalue weighted by atomic mass is 16.5. The molecular weight excluding hydrogens is 500 g/mol. The quantitative estimate of drug-likeness (QED) is 0.208. The third kappa shape index (κ3) is 6.58. The van der Waals surface area contributed by atoms with E-state index in [2.05, 4.69) is 76.3 Å². The fourth-order valence-electron chi connectivity index (χ4n) is 5.04. The van der Waals surface area contributed by atoms with Gasteiger partial charge in [0.2, 0.25) is 5.95 Å². The molecule has 5 rings (SSSR count). The first-order chi connectivity index (χ1) is 19.5. The number of amides is 2. The van der Waals surface area contributed by atoms with Gasteiger partial charge >= 0.3 is 6.03 Å². The Labute approximate surface area is 235 Å². The van der Waals surface area contributed by atoms with Crippen molar-refractivity contribution in [3.05, 3.63) is 95.7 Å². The van der Waals surface area contributed by atoms with Gasteiger partial charge in [-0.05, 0) is 93.0 Å². The summed E-state index contributed by atoms with van der Waals surface area (Å²) in [5.74, 6) is 1.60. The Bertz CT molecular complexity index is 1440. The van der Waals surface area contributed by atoms with Crippen LogP contribution in [0.15, 0.2) is 79.0 Å². The number of fused-ring (bicyclic) bond motifs is 3. The Hall–Kier alpha value is -4.43. The summed E-state index contributed by atoms with van der Waals surface area (Å²) in [4.78, 5) is 24.2. The van der Waals surface area contributed by atoms with E-state index in [1.807, 2.05) is 18.3 Å². The second-order valence-electron chi connectivity index (χ2n) is 10.3. The zero-order valence-electron chi connectivity index (χ0n) is 23.3. The number of carbonyl (C=O) groups is 1. The topological polar surface area (TPSA) is 91.4 Å². The number of hydrogen-bond donors (Lipinski definition) is 3. The summed E-state index contributed by atoms with van der Waals surface area (Å²) in [7, 11) is 5.81. The minimum atomic E-state index is -0.297. The van der Waals surface area contributed by atoms with Gasteiger partial charge in [-0.3, -0.25) is 0 Å². The average molecular weight is 537 g/mol. The number of unbranched alkanes of at least 4 members (excludes halogenated alkanes) is 1. The summed E-state index contributed by atoms with van der Waals surface area (Å²) in [6, 6.07) is 23.5. The van der Waals surface area contributed by atoms with Gasteiger partial charge in [0.15, 0.2) is 0 Å². The number of carbonyl (C=O) groups excluding carboxylic acids is 1. The van der Waals surface area contributed by atoms with Crippen molar-refractivity contribution >= 4 is 23.4 Å². The van der Waals surface area contributed by atoms with E-state index in [0.717, 1.165) is 60.6 Å². The molecule has 0 spiro atoms. The predicted octanol–water partition coefficient (Wildman–Crippen LogP) is 6.24. The zero-order valence-corrected chi connectivity index (χ0v) is 23.3. The molecule has 1 atom stereocenters. The molecule has 1 aliphatic carbocycles. The second-order valence-corrected chi connectivity index (χ2v) is 10.3. The van der Waals surface area contributed by atoms with Crippen LogP contribution in [0.25, 0.3) is 11.3 Å². The molecule has 1 aromatic heterocycles. The number of urea groups is 1. The van der Waals surface area contributed by atoms with Crippen molar-refractivity contribution in [2.24, 2.45) is 0 Å². The van der Waals surface area contributed by atoms with Crippen LogP contribution in [0.2, 0.25) is 0 Å². The van der Waals surface area contributed by atoms with Crippen molar-refractivity contribution in [1.29, 1.82) is 0 Å². The van der Waals surface area contributed by atoms with Crippen LogP contribution in [0.5, 0.6) is 5.75 Å². The van der Waals surface area contributed by atoms with Crippen LogP contribution in [0.3, 0.4) is 0 Å². The maximum atomic E-state index is 12.5. The molecule has 0 radical (unpaired) electrons. The summed E-state index contributed by atoms with van der Waals surface area (Å²) in [6.07, 6.45) is 5.00. The standard InChI is InChI=1S/C32H36N6O2/c1-38(2)19-7-6-18-33-31-34-21-23-20-29(27-8-4-5-9-28(27)30(23)37-31)22-10-12-24(13-11-22)35-32(39)36-25-14-16-26(40-3)17-15-25/h4-5,8-17,21,29H,6-7,18-20H2,1-3H3,(H,33,34,37)(H2,35,36,39). The molecule has 0 bridgehead atoms. The highest BCUT2D eigenvalue weighted by Gasteiger charge is 2.27. The van der Waals surface area contributed by atoms with Crippen molar-refractivity contribution < 1.29 is 9.53 Å². The zero-order chi connectivity index (χ0) is 27.9. The fourth-order valence-corrected chi connectivity index (χ4v) is 5.04. The van der Waals surface area contributed by atoms with E-state index >= 15 is 0 Å². The maximum absolute atomic E-state index is 12.5. The smallest absolute Gasteiger partial charge is 0.323 e. The fraction of sp³-hybridized carbons (Fsp3) is 0.281. The van der Waals surface area contributed by atoms with Gasteiger partial charge < -0.3 is 25.6 Å². The first-order valence-electron chi connectivity index (χ1n) is 13.7. The normalized spacial score (nSPS) is 13.8. The molecule has 0 saturated carbocycles. The van der Waals surface area contributed by atoms with Gasteiger partial charge in [0.25, 0.3) is 0 Å². The lowest BCUT2D eigenvalue weighted by atomic mass is 9.78.